The molecule has 1 aromatic carbocycles. The highest BCUT2D eigenvalue weighted by Crippen LogP contribution is 2.37. The van der Waals surface area contributed by atoms with E-state index in [1.807, 2.05) is 6.07 Å². The summed E-state index contributed by atoms with van der Waals surface area (Å²) in [6.45, 7) is 7.16. The summed E-state index contributed by atoms with van der Waals surface area (Å²) in [4.78, 5) is 0. The molecule has 1 N–H and O–H groups in total. The highest BCUT2D eigenvalue weighted by Gasteiger charge is 2.32. The Morgan fingerprint density at radius 1 is 1.26 bits per heavy atom. The standard InChI is InChI=1S/C16H23NO2/c1-11-8-14(11)10-17-12(2)13-4-5-15-16(9-13)19-7-3-6-18-15/h4-5,9,11-12,14,17H,3,6-8,10H2,1-2H3. The van der Waals surface area contributed by atoms with Crippen LogP contribution >= 0.6 is 0 Å². The minimum absolute atomic E-state index is 0.366. The Bertz CT molecular complexity index is 446. The summed E-state index contributed by atoms with van der Waals surface area (Å²) in [5, 5.41) is 3.62. The maximum Gasteiger partial charge on any atom is 0.161 e. The molecule has 1 aliphatic heterocycles. The average Bonchev–Trinajstić information content (AvgIpc) is 3.16. The van der Waals surface area contributed by atoms with E-state index in [0.717, 1.165) is 49.5 Å². The summed E-state index contributed by atoms with van der Waals surface area (Å²) in [6.07, 6.45) is 2.33. The van der Waals surface area contributed by atoms with E-state index in [-0.39, 0.29) is 0 Å². The molecule has 0 saturated heterocycles. The van der Waals surface area contributed by atoms with Crippen LogP contribution in [0, 0.1) is 11.8 Å². The van der Waals surface area contributed by atoms with Gasteiger partial charge in [0.1, 0.15) is 0 Å². The molecule has 2 aliphatic rings. The molecule has 3 unspecified atom stereocenters. The predicted octanol–water partition coefficient (Wildman–Crippen LogP) is 3.15. The normalized spacial score (nSPS) is 26.6. The highest BCUT2D eigenvalue weighted by atomic mass is 16.5. The van der Waals surface area contributed by atoms with Gasteiger partial charge >= 0.3 is 0 Å². The first-order valence-electron chi connectivity index (χ1n) is 7.37. The van der Waals surface area contributed by atoms with Crippen LogP contribution in [0.4, 0.5) is 0 Å². The molecule has 0 bridgehead atoms. The van der Waals surface area contributed by atoms with Crippen LogP contribution < -0.4 is 14.8 Å². The maximum absolute atomic E-state index is 5.74. The van der Waals surface area contributed by atoms with Crippen LogP contribution in [-0.4, -0.2) is 19.8 Å². The lowest BCUT2D eigenvalue weighted by molar-refractivity contribution is 0.297. The van der Waals surface area contributed by atoms with Gasteiger partial charge in [0, 0.05) is 12.5 Å². The van der Waals surface area contributed by atoms with E-state index >= 15 is 0 Å². The number of nitrogens with one attached hydrogen (secondary N) is 1. The summed E-state index contributed by atoms with van der Waals surface area (Å²) < 4.78 is 11.4. The lowest BCUT2D eigenvalue weighted by atomic mass is 10.1. The van der Waals surface area contributed by atoms with E-state index in [2.05, 4.69) is 31.3 Å². The van der Waals surface area contributed by atoms with Gasteiger partial charge in [0.15, 0.2) is 11.5 Å². The Kier molecular flexibility index (Phi) is 3.65. The Labute approximate surface area is 115 Å². The molecule has 1 fully saturated rings. The number of hydrogen-bond donors (Lipinski definition) is 1. The zero-order chi connectivity index (χ0) is 13.2. The van der Waals surface area contributed by atoms with E-state index in [4.69, 9.17) is 9.47 Å². The van der Waals surface area contributed by atoms with E-state index < -0.39 is 0 Å². The second kappa shape index (κ2) is 5.41. The number of ether oxygens (including phenoxy) is 2. The molecule has 1 heterocycles. The van der Waals surface area contributed by atoms with E-state index in [0.29, 0.717) is 6.04 Å². The lowest BCUT2D eigenvalue weighted by Gasteiger charge is -2.16. The predicted molar refractivity (Wildman–Crippen MR) is 75.7 cm³/mol. The van der Waals surface area contributed by atoms with Crippen molar-refractivity contribution in [3.63, 3.8) is 0 Å². The number of rotatable bonds is 4. The van der Waals surface area contributed by atoms with Gasteiger partial charge in [-0.25, -0.2) is 0 Å². The van der Waals surface area contributed by atoms with Crippen molar-refractivity contribution in [2.45, 2.75) is 32.7 Å². The molecule has 0 amide bonds. The molecule has 3 nitrogen and oxygen atoms in total. The minimum atomic E-state index is 0.366. The van der Waals surface area contributed by atoms with Crippen LogP contribution in [-0.2, 0) is 0 Å². The van der Waals surface area contributed by atoms with Gasteiger partial charge < -0.3 is 14.8 Å². The number of benzene rings is 1. The third kappa shape index (κ3) is 3.03. The van der Waals surface area contributed by atoms with Crippen molar-refractivity contribution in [2.75, 3.05) is 19.8 Å². The molecule has 19 heavy (non-hydrogen) atoms. The molecule has 0 radical (unpaired) electrons. The maximum atomic E-state index is 5.74. The van der Waals surface area contributed by atoms with Crippen molar-refractivity contribution in [3.8, 4) is 11.5 Å². The summed E-state index contributed by atoms with van der Waals surface area (Å²) in [5.74, 6) is 3.55. The summed E-state index contributed by atoms with van der Waals surface area (Å²) in [5.41, 5.74) is 1.28. The number of fused-ring (bicyclic) bond motifs is 1. The minimum Gasteiger partial charge on any atom is -0.490 e. The molecule has 1 aromatic rings. The van der Waals surface area contributed by atoms with Crippen LogP contribution in [0.1, 0.15) is 38.3 Å². The van der Waals surface area contributed by atoms with Crippen molar-refractivity contribution < 1.29 is 9.47 Å². The Morgan fingerprint density at radius 3 is 2.74 bits per heavy atom. The Hall–Kier alpha value is -1.22. The summed E-state index contributed by atoms with van der Waals surface area (Å²) >= 11 is 0. The smallest absolute Gasteiger partial charge is 0.161 e. The molecule has 104 valence electrons. The fourth-order valence-electron chi connectivity index (χ4n) is 2.58. The van der Waals surface area contributed by atoms with Gasteiger partial charge in [-0.1, -0.05) is 13.0 Å². The first-order valence-corrected chi connectivity index (χ1v) is 7.37. The van der Waals surface area contributed by atoms with Crippen molar-refractivity contribution in [3.05, 3.63) is 23.8 Å². The SMILES string of the molecule is CC(NCC1CC1C)c1ccc2c(c1)OCCCO2. The van der Waals surface area contributed by atoms with Crippen LogP contribution in [0.2, 0.25) is 0 Å². The second-order valence-corrected chi connectivity index (χ2v) is 5.86. The average molecular weight is 261 g/mol. The fraction of sp³-hybridized carbons (Fsp3) is 0.625. The summed E-state index contributed by atoms with van der Waals surface area (Å²) in [6, 6.07) is 6.66. The van der Waals surface area contributed by atoms with Crippen LogP contribution in [0.5, 0.6) is 11.5 Å². The Balaban J connectivity index is 1.64. The van der Waals surface area contributed by atoms with Gasteiger partial charge in [-0.3, -0.25) is 0 Å². The van der Waals surface area contributed by atoms with Gasteiger partial charge in [-0.2, -0.15) is 0 Å². The van der Waals surface area contributed by atoms with Crippen molar-refractivity contribution in [1.29, 1.82) is 0 Å². The van der Waals surface area contributed by atoms with Crippen LogP contribution in [0.3, 0.4) is 0 Å². The van der Waals surface area contributed by atoms with Gasteiger partial charge in [-0.15, -0.1) is 0 Å². The topological polar surface area (TPSA) is 30.5 Å². The first kappa shape index (κ1) is 12.8. The van der Waals surface area contributed by atoms with Crippen molar-refractivity contribution >= 4 is 0 Å². The highest BCUT2D eigenvalue weighted by molar-refractivity contribution is 5.44. The molecular formula is C16H23NO2. The molecular weight excluding hydrogens is 238 g/mol. The fourth-order valence-corrected chi connectivity index (χ4v) is 2.58. The molecule has 1 aliphatic carbocycles. The Morgan fingerprint density at radius 2 is 2.00 bits per heavy atom. The van der Waals surface area contributed by atoms with Crippen molar-refractivity contribution in [1.82, 2.24) is 5.32 Å². The molecule has 3 atom stereocenters. The van der Waals surface area contributed by atoms with Crippen molar-refractivity contribution in [2.24, 2.45) is 11.8 Å². The molecule has 0 spiro atoms. The quantitative estimate of drug-likeness (QED) is 0.903. The van der Waals surface area contributed by atoms with Gasteiger partial charge in [0.25, 0.3) is 0 Å². The number of hydrogen-bond acceptors (Lipinski definition) is 3. The zero-order valence-corrected chi connectivity index (χ0v) is 11.8. The van der Waals surface area contributed by atoms with E-state index in [9.17, 15) is 0 Å². The first-order chi connectivity index (χ1) is 9.24. The lowest BCUT2D eigenvalue weighted by Crippen LogP contribution is -2.21. The third-order valence-electron chi connectivity index (χ3n) is 4.23. The van der Waals surface area contributed by atoms with E-state index in [1.54, 1.807) is 0 Å². The van der Waals surface area contributed by atoms with Crippen LogP contribution in [0.25, 0.3) is 0 Å². The molecule has 1 saturated carbocycles. The van der Waals surface area contributed by atoms with E-state index in [1.165, 1.54) is 12.0 Å². The zero-order valence-electron chi connectivity index (χ0n) is 11.8. The largest absolute Gasteiger partial charge is 0.490 e. The molecule has 3 rings (SSSR count). The molecule has 3 heteroatoms. The van der Waals surface area contributed by atoms with Gasteiger partial charge in [0.2, 0.25) is 0 Å². The van der Waals surface area contributed by atoms with Gasteiger partial charge in [-0.05, 0) is 49.4 Å². The summed E-state index contributed by atoms with van der Waals surface area (Å²) in [7, 11) is 0. The monoisotopic (exact) mass is 261 g/mol. The van der Waals surface area contributed by atoms with Gasteiger partial charge in [0.05, 0.1) is 13.2 Å². The second-order valence-electron chi connectivity index (χ2n) is 5.86. The van der Waals surface area contributed by atoms with Crippen LogP contribution in [0.15, 0.2) is 18.2 Å². The third-order valence-corrected chi connectivity index (χ3v) is 4.23. The molecule has 0 aromatic heterocycles.